The zero-order valence-corrected chi connectivity index (χ0v) is 13.7. The maximum absolute atomic E-state index is 12.7. The molecule has 6 heteroatoms. The van der Waals surface area contributed by atoms with Crippen LogP contribution in [0.1, 0.15) is 41.6 Å². The van der Waals surface area contributed by atoms with Gasteiger partial charge in [0.15, 0.2) is 11.5 Å². The molecular formula is C18H21N3O3. The Balaban J connectivity index is 1.64. The summed E-state index contributed by atoms with van der Waals surface area (Å²) in [6.45, 7) is 1.14. The van der Waals surface area contributed by atoms with Crippen LogP contribution in [0.25, 0.3) is 0 Å². The van der Waals surface area contributed by atoms with Crippen molar-refractivity contribution in [3.63, 3.8) is 0 Å². The molecule has 1 aromatic carbocycles. The number of nitrogens with zero attached hydrogens (tertiary/aromatic N) is 2. The Labute approximate surface area is 140 Å². The van der Waals surface area contributed by atoms with E-state index in [1.54, 1.807) is 17.1 Å². The van der Waals surface area contributed by atoms with E-state index in [0.717, 1.165) is 42.7 Å². The van der Waals surface area contributed by atoms with Gasteiger partial charge in [-0.15, -0.1) is 0 Å². The average molecular weight is 327 g/mol. The first-order chi connectivity index (χ1) is 11.7. The average Bonchev–Trinajstić information content (AvgIpc) is 3.24. The third kappa shape index (κ3) is 2.62. The maximum Gasteiger partial charge on any atom is 0.255 e. The second-order valence-corrected chi connectivity index (χ2v) is 6.50. The van der Waals surface area contributed by atoms with E-state index in [1.165, 1.54) is 0 Å². The summed E-state index contributed by atoms with van der Waals surface area (Å²) < 4.78 is 13.0. The largest absolute Gasteiger partial charge is 0.486 e. The summed E-state index contributed by atoms with van der Waals surface area (Å²) in [7, 11) is 1.81. The summed E-state index contributed by atoms with van der Waals surface area (Å²) in [5.41, 5.74) is 1.32. The number of fused-ring (bicyclic) bond motifs is 1. The zero-order chi connectivity index (χ0) is 16.6. The number of nitrogens with one attached hydrogen (secondary N) is 1. The number of hydrogen-bond donors (Lipinski definition) is 1. The third-order valence-corrected chi connectivity index (χ3v) is 4.87. The van der Waals surface area contributed by atoms with Gasteiger partial charge in [0.25, 0.3) is 5.91 Å². The van der Waals surface area contributed by atoms with Gasteiger partial charge in [-0.1, -0.05) is 18.9 Å². The lowest BCUT2D eigenvalue weighted by Crippen LogP contribution is -2.43. The van der Waals surface area contributed by atoms with Crippen LogP contribution < -0.4 is 14.8 Å². The highest BCUT2D eigenvalue weighted by atomic mass is 16.6. The highest BCUT2D eigenvalue weighted by Gasteiger charge is 2.38. The zero-order valence-electron chi connectivity index (χ0n) is 13.7. The first-order valence-electron chi connectivity index (χ1n) is 8.38. The fraction of sp³-hybridized carbons (Fsp3) is 0.444. The van der Waals surface area contributed by atoms with Crippen molar-refractivity contribution in [3.05, 3.63) is 41.7 Å². The van der Waals surface area contributed by atoms with Crippen LogP contribution >= 0.6 is 0 Å². The van der Waals surface area contributed by atoms with E-state index >= 15 is 0 Å². The standard InChI is InChI=1S/C18H21N3O3/c1-21-12-13(11-19-21)17(22)20-18(6-2-3-7-18)14-4-5-15-16(10-14)24-9-8-23-15/h4-5,10-12H,2-3,6-9H2,1H3,(H,20,22). The Morgan fingerprint density at radius 1 is 1.21 bits per heavy atom. The second-order valence-electron chi connectivity index (χ2n) is 6.50. The molecule has 0 bridgehead atoms. The Kier molecular flexibility index (Phi) is 3.67. The molecule has 0 spiro atoms. The smallest absolute Gasteiger partial charge is 0.255 e. The normalized spacial score (nSPS) is 18.4. The van der Waals surface area contributed by atoms with Gasteiger partial charge >= 0.3 is 0 Å². The molecule has 0 atom stereocenters. The molecule has 1 N–H and O–H groups in total. The van der Waals surface area contributed by atoms with Crippen LogP contribution in [0.4, 0.5) is 0 Å². The Hall–Kier alpha value is -2.50. The highest BCUT2D eigenvalue weighted by molar-refractivity contribution is 5.94. The molecule has 1 amide bonds. The molecule has 6 nitrogen and oxygen atoms in total. The highest BCUT2D eigenvalue weighted by Crippen LogP contribution is 2.42. The van der Waals surface area contributed by atoms with Crippen molar-refractivity contribution in [3.8, 4) is 11.5 Å². The van der Waals surface area contributed by atoms with E-state index in [1.807, 2.05) is 25.2 Å². The van der Waals surface area contributed by atoms with Gasteiger partial charge in [-0.25, -0.2) is 0 Å². The van der Waals surface area contributed by atoms with Gasteiger partial charge in [0.05, 0.1) is 17.3 Å². The second kappa shape index (κ2) is 5.85. The number of hydrogen-bond acceptors (Lipinski definition) is 4. The first kappa shape index (κ1) is 15.1. The van der Waals surface area contributed by atoms with Crippen LogP contribution in [0.3, 0.4) is 0 Å². The van der Waals surface area contributed by atoms with Crippen LogP contribution in [0, 0.1) is 0 Å². The number of aromatic nitrogens is 2. The van der Waals surface area contributed by atoms with Crippen molar-refractivity contribution in [2.75, 3.05) is 13.2 Å². The van der Waals surface area contributed by atoms with Gasteiger partial charge in [-0.3, -0.25) is 9.48 Å². The molecule has 2 heterocycles. The molecule has 2 aliphatic rings. The lowest BCUT2D eigenvalue weighted by molar-refractivity contribution is 0.0897. The summed E-state index contributed by atoms with van der Waals surface area (Å²) in [5, 5.41) is 7.34. The number of benzene rings is 1. The predicted molar refractivity (Wildman–Crippen MR) is 88.3 cm³/mol. The van der Waals surface area contributed by atoms with E-state index in [9.17, 15) is 4.79 Å². The number of amides is 1. The van der Waals surface area contributed by atoms with Crippen molar-refractivity contribution in [1.82, 2.24) is 15.1 Å². The lowest BCUT2D eigenvalue weighted by atomic mass is 9.87. The molecule has 0 saturated heterocycles. The van der Waals surface area contributed by atoms with Crippen molar-refractivity contribution in [1.29, 1.82) is 0 Å². The topological polar surface area (TPSA) is 65.4 Å². The molecular weight excluding hydrogens is 306 g/mol. The molecule has 0 radical (unpaired) electrons. The van der Waals surface area contributed by atoms with Gasteiger partial charge in [0.2, 0.25) is 0 Å². The Bertz CT molecular complexity index is 763. The number of carbonyl (C=O) groups is 1. The van der Waals surface area contributed by atoms with Gasteiger partial charge in [-0.05, 0) is 30.5 Å². The van der Waals surface area contributed by atoms with Gasteiger partial charge in [0, 0.05) is 13.2 Å². The molecule has 1 aliphatic carbocycles. The van der Waals surface area contributed by atoms with E-state index in [0.29, 0.717) is 18.8 Å². The number of ether oxygens (including phenoxy) is 2. The van der Waals surface area contributed by atoms with E-state index < -0.39 is 0 Å². The van der Waals surface area contributed by atoms with Crippen molar-refractivity contribution >= 4 is 5.91 Å². The van der Waals surface area contributed by atoms with Crippen molar-refractivity contribution in [2.45, 2.75) is 31.2 Å². The van der Waals surface area contributed by atoms with E-state index in [2.05, 4.69) is 10.4 Å². The van der Waals surface area contributed by atoms with Crippen LogP contribution in [-0.4, -0.2) is 28.9 Å². The SMILES string of the molecule is Cn1cc(C(=O)NC2(c3ccc4c(c3)OCCO4)CCCC2)cn1. The Morgan fingerprint density at radius 2 is 1.96 bits per heavy atom. The Morgan fingerprint density at radius 3 is 2.67 bits per heavy atom. The number of aryl methyl sites for hydroxylation is 1. The molecule has 1 aromatic heterocycles. The molecule has 2 aromatic rings. The summed E-state index contributed by atoms with van der Waals surface area (Å²) in [6, 6.07) is 6.01. The first-order valence-corrected chi connectivity index (χ1v) is 8.38. The number of carbonyl (C=O) groups excluding carboxylic acids is 1. The van der Waals surface area contributed by atoms with Crippen LogP contribution in [0.15, 0.2) is 30.6 Å². The molecule has 1 fully saturated rings. The minimum atomic E-state index is -0.344. The molecule has 24 heavy (non-hydrogen) atoms. The summed E-state index contributed by atoms with van der Waals surface area (Å²) in [4.78, 5) is 12.7. The van der Waals surface area contributed by atoms with Gasteiger partial charge < -0.3 is 14.8 Å². The summed E-state index contributed by atoms with van der Waals surface area (Å²) >= 11 is 0. The molecule has 1 aliphatic heterocycles. The fourth-order valence-corrected chi connectivity index (χ4v) is 3.63. The van der Waals surface area contributed by atoms with Gasteiger partial charge in [-0.2, -0.15) is 5.10 Å². The summed E-state index contributed by atoms with van der Waals surface area (Å²) in [5.74, 6) is 1.46. The van der Waals surface area contributed by atoms with E-state index in [-0.39, 0.29) is 11.4 Å². The fourth-order valence-electron chi connectivity index (χ4n) is 3.63. The van der Waals surface area contributed by atoms with Gasteiger partial charge in [0.1, 0.15) is 13.2 Å². The quantitative estimate of drug-likeness (QED) is 0.940. The van der Waals surface area contributed by atoms with Crippen molar-refractivity contribution < 1.29 is 14.3 Å². The van der Waals surface area contributed by atoms with E-state index in [4.69, 9.17) is 9.47 Å². The monoisotopic (exact) mass is 327 g/mol. The maximum atomic E-state index is 12.7. The summed E-state index contributed by atoms with van der Waals surface area (Å²) in [6.07, 6.45) is 7.39. The molecule has 0 unspecified atom stereocenters. The minimum Gasteiger partial charge on any atom is -0.486 e. The third-order valence-electron chi connectivity index (χ3n) is 4.87. The minimum absolute atomic E-state index is 0.0834. The molecule has 4 rings (SSSR count). The van der Waals surface area contributed by atoms with Crippen molar-refractivity contribution in [2.24, 2.45) is 7.05 Å². The van der Waals surface area contributed by atoms with Crippen LogP contribution in [0.2, 0.25) is 0 Å². The predicted octanol–water partition coefficient (Wildman–Crippen LogP) is 2.39. The molecule has 126 valence electrons. The van der Waals surface area contributed by atoms with Crippen LogP contribution in [-0.2, 0) is 12.6 Å². The van der Waals surface area contributed by atoms with Crippen LogP contribution in [0.5, 0.6) is 11.5 Å². The molecule has 1 saturated carbocycles. The number of rotatable bonds is 3. The lowest BCUT2D eigenvalue weighted by Gasteiger charge is -2.32.